The molecule has 1 amide bonds. The first-order valence-electron chi connectivity index (χ1n) is 7.69. The van der Waals surface area contributed by atoms with E-state index in [9.17, 15) is 4.79 Å². The van der Waals surface area contributed by atoms with E-state index in [1.54, 1.807) is 67.9 Å². The summed E-state index contributed by atoms with van der Waals surface area (Å²) < 4.78 is 5.08. The molecule has 0 aliphatic rings. The number of aromatic nitrogens is 1. The predicted octanol–water partition coefficient (Wildman–Crippen LogP) is 5.39. The number of amides is 1. The fraction of sp³-hybridized carbons (Fsp3) is 0.0526. The third-order valence-electron chi connectivity index (χ3n) is 3.59. The highest BCUT2D eigenvalue weighted by molar-refractivity contribution is 6.39. The van der Waals surface area contributed by atoms with Gasteiger partial charge >= 0.3 is 0 Å². The molecule has 0 fully saturated rings. The molecule has 0 spiro atoms. The summed E-state index contributed by atoms with van der Waals surface area (Å²) in [4.78, 5) is 16.5. The Morgan fingerprint density at radius 3 is 2.27 bits per heavy atom. The first-order chi connectivity index (χ1) is 12.6. The number of benzene rings is 2. The quantitative estimate of drug-likeness (QED) is 0.615. The van der Waals surface area contributed by atoms with E-state index in [4.69, 9.17) is 27.9 Å². The van der Waals surface area contributed by atoms with Crippen LogP contribution in [0.3, 0.4) is 0 Å². The monoisotopic (exact) mass is 387 g/mol. The van der Waals surface area contributed by atoms with Crippen molar-refractivity contribution in [1.29, 1.82) is 0 Å². The Kier molecular flexibility index (Phi) is 5.61. The van der Waals surface area contributed by atoms with Gasteiger partial charge in [-0.25, -0.2) is 4.98 Å². The lowest BCUT2D eigenvalue weighted by Crippen LogP contribution is -2.12. The number of para-hydroxylation sites is 1. The van der Waals surface area contributed by atoms with Gasteiger partial charge in [0.2, 0.25) is 0 Å². The van der Waals surface area contributed by atoms with Crippen LogP contribution >= 0.6 is 23.2 Å². The second kappa shape index (κ2) is 8.08. The molecule has 0 atom stereocenters. The van der Waals surface area contributed by atoms with Crippen LogP contribution in [0.15, 0.2) is 60.8 Å². The average Bonchev–Trinajstić information content (AvgIpc) is 2.66. The van der Waals surface area contributed by atoms with Crippen LogP contribution in [-0.4, -0.2) is 18.0 Å². The van der Waals surface area contributed by atoms with Crippen molar-refractivity contribution in [3.8, 4) is 5.75 Å². The molecule has 2 N–H and O–H groups in total. The van der Waals surface area contributed by atoms with E-state index in [0.29, 0.717) is 38.6 Å². The number of methoxy groups -OCH3 is 1. The van der Waals surface area contributed by atoms with E-state index in [2.05, 4.69) is 15.6 Å². The molecule has 7 heteroatoms. The van der Waals surface area contributed by atoms with Crippen LogP contribution in [0.25, 0.3) is 0 Å². The van der Waals surface area contributed by atoms with Crippen LogP contribution in [0.5, 0.6) is 5.75 Å². The first kappa shape index (κ1) is 18.0. The number of nitrogens with one attached hydrogen (secondary N) is 2. The summed E-state index contributed by atoms with van der Waals surface area (Å²) >= 11 is 12.3. The lowest BCUT2D eigenvalue weighted by Gasteiger charge is -2.11. The van der Waals surface area contributed by atoms with E-state index in [1.807, 2.05) is 0 Å². The van der Waals surface area contributed by atoms with Gasteiger partial charge in [0.1, 0.15) is 11.6 Å². The Morgan fingerprint density at radius 1 is 1.00 bits per heavy atom. The van der Waals surface area contributed by atoms with Crippen LogP contribution in [0.4, 0.5) is 17.2 Å². The number of rotatable bonds is 5. The van der Waals surface area contributed by atoms with Gasteiger partial charge < -0.3 is 15.4 Å². The highest BCUT2D eigenvalue weighted by Gasteiger charge is 2.08. The molecule has 0 saturated heterocycles. The van der Waals surface area contributed by atoms with E-state index in [1.165, 1.54) is 0 Å². The van der Waals surface area contributed by atoms with Gasteiger partial charge in [-0.1, -0.05) is 29.3 Å². The summed E-state index contributed by atoms with van der Waals surface area (Å²) in [5.41, 5.74) is 1.81. The fourth-order valence-electron chi connectivity index (χ4n) is 2.23. The van der Waals surface area contributed by atoms with E-state index in [-0.39, 0.29) is 5.91 Å². The molecular formula is C19H15Cl2N3O2. The zero-order valence-corrected chi connectivity index (χ0v) is 15.3. The molecule has 26 heavy (non-hydrogen) atoms. The third-order valence-corrected chi connectivity index (χ3v) is 4.22. The molecule has 0 saturated carbocycles. The van der Waals surface area contributed by atoms with Crippen molar-refractivity contribution in [2.24, 2.45) is 0 Å². The van der Waals surface area contributed by atoms with E-state index in [0.717, 1.165) is 0 Å². The number of halogens is 2. The van der Waals surface area contributed by atoms with Crippen molar-refractivity contribution in [3.63, 3.8) is 0 Å². The lowest BCUT2D eigenvalue weighted by atomic mass is 10.2. The molecule has 0 unspecified atom stereocenters. The van der Waals surface area contributed by atoms with E-state index >= 15 is 0 Å². The number of hydrogen-bond acceptors (Lipinski definition) is 4. The third kappa shape index (κ3) is 4.25. The summed E-state index contributed by atoms with van der Waals surface area (Å²) in [6.45, 7) is 0. The maximum Gasteiger partial charge on any atom is 0.256 e. The van der Waals surface area contributed by atoms with Crippen molar-refractivity contribution in [3.05, 3.63) is 76.4 Å². The number of carbonyl (C=O) groups is 1. The van der Waals surface area contributed by atoms with Gasteiger partial charge in [0.25, 0.3) is 5.91 Å². The summed E-state index contributed by atoms with van der Waals surface area (Å²) in [6.07, 6.45) is 1.59. The van der Waals surface area contributed by atoms with Gasteiger partial charge in [0.15, 0.2) is 0 Å². The lowest BCUT2D eigenvalue weighted by molar-refractivity contribution is 0.102. The maximum atomic E-state index is 12.2. The molecule has 5 nitrogen and oxygen atoms in total. The average molecular weight is 388 g/mol. The fourth-order valence-corrected chi connectivity index (χ4v) is 2.73. The standard InChI is InChI=1S/C19H15Cl2N3O2/c1-26-14-8-5-12(6-9-14)19(25)24-17-10-7-13(11-22-17)23-18-15(20)3-2-4-16(18)21/h2-11,23H,1H3,(H,22,24,25). The molecule has 0 aliphatic carbocycles. The summed E-state index contributed by atoms with van der Waals surface area (Å²) in [5.74, 6) is 0.866. The number of hydrogen-bond donors (Lipinski definition) is 2. The van der Waals surface area contributed by atoms with Crippen molar-refractivity contribution < 1.29 is 9.53 Å². The highest BCUT2D eigenvalue weighted by atomic mass is 35.5. The van der Waals surface area contributed by atoms with Crippen molar-refractivity contribution in [1.82, 2.24) is 4.98 Å². The molecule has 0 radical (unpaired) electrons. The van der Waals surface area contributed by atoms with Crippen LogP contribution < -0.4 is 15.4 Å². The molecule has 3 aromatic rings. The predicted molar refractivity (Wildman–Crippen MR) is 105 cm³/mol. The van der Waals surface area contributed by atoms with Crippen LogP contribution in [-0.2, 0) is 0 Å². The normalized spacial score (nSPS) is 10.3. The SMILES string of the molecule is COc1ccc(C(=O)Nc2ccc(Nc3c(Cl)cccc3Cl)cn2)cc1. The van der Waals surface area contributed by atoms with Gasteiger partial charge in [-0.2, -0.15) is 0 Å². The second-order valence-electron chi connectivity index (χ2n) is 5.34. The zero-order chi connectivity index (χ0) is 18.5. The van der Waals surface area contributed by atoms with Gasteiger partial charge in [-0.3, -0.25) is 4.79 Å². The van der Waals surface area contributed by atoms with E-state index < -0.39 is 0 Å². The van der Waals surface area contributed by atoms with Crippen LogP contribution in [0.1, 0.15) is 10.4 Å². The molecule has 1 heterocycles. The second-order valence-corrected chi connectivity index (χ2v) is 6.15. The van der Waals surface area contributed by atoms with Crippen LogP contribution in [0.2, 0.25) is 10.0 Å². The van der Waals surface area contributed by atoms with Crippen molar-refractivity contribution in [2.75, 3.05) is 17.7 Å². The summed E-state index contributed by atoms with van der Waals surface area (Å²) in [7, 11) is 1.57. The van der Waals surface area contributed by atoms with Crippen molar-refractivity contribution in [2.45, 2.75) is 0 Å². The molecule has 0 aliphatic heterocycles. The number of anilines is 3. The molecule has 2 aromatic carbocycles. The Morgan fingerprint density at radius 2 is 1.69 bits per heavy atom. The maximum absolute atomic E-state index is 12.2. The minimum Gasteiger partial charge on any atom is -0.497 e. The minimum atomic E-state index is -0.255. The smallest absolute Gasteiger partial charge is 0.256 e. The number of ether oxygens (including phenoxy) is 1. The topological polar surface area (TPSA) is 63.2 Å². The van der Waals surface area contributed by atoms with Gasteiger partial charge in [-0.15, -0.1) is 0 Å². The van der Waals surface area contributed by atoms with Gasteiger partial charge in [-0.05, 0) is 48.5 Å². The van der Waals surface area contributed by atoms with Gasteiger partial charge in [0.05, 0.1) is 34.7 Å². The molecule has 3 rings (SSSR count). The first-order valence-corrected chi connectivity index (χ1v) is 8.45. The molecule has 1 aromatic heterocycles. The largest absolute Gasteiger partial charge is 0.497 e. The number of nitrogens with zero attached hydrogens (tertiary/aromatic N) is 1. The number of carbonyl (C=O) groups excluding carboxylic acids is 1. The number of pyridine rings is 1. The van der Waals surface area contributed by atoms with Crippen molar-refractivity contribution >= 4 is 46.3 Å². The molecular weight excluding hydrogens is 373 g/mol. The molecule has 132 valence electrons. The Balaban J connectivity index is 1.68. The van der Waals surface area contributed by atoms with Crippen LogP contribution in [0, 0.1) is 0 Å². The Labute approximate surface area is 160 Å². The minimum absolute atomic E-state index is 0.255. The molecule has 0 bridgehead atoms. The summed E-state index contributed by atoms with van der Waals surface area (Å²) in [5, 5.41) is 6.87. The Hall–Kier alpha value is -2.76. The highest BCUT2D eigenvalue weighted by Crippen LogP contribution is 2.32. The summed E-state index contributed by atoms with van der Waals surface area (Å²) in [6, 6.07) is 15.5. The Bertz CT molecular complexity index is 893. The van der Waals surface area contributed by atoms with Gasteiger partial charge in [0, 0.05) is 5.56 Å². The zero-order valence-electron chi connectivity index (χ0n) is 13.8.